The number of nitrogens with one attached hydrogen (secondary N) is 1. The van der Waals surface area contributed by atoms with Gasteiger partial charge >= 0.3 is 29.6 Å². The second-order valence-corrected chi connectivity index (χ2v) is 15.1. The number of anilines is 1. The number of fused-ring (bicyclic) bond motifs is 2. The van der Waals surface area contributed by atoms with Gasteiger partial charge in [-0.25, -0.2) is 8.42 Å². The van der Waals surface area contributed by atoms with Crippen LogP contribution in [0.1, 0.15) is 64.5 Å². The molecule has 2 aliphatic rings. The van der Waals surface area contributed by atoms with Crippen molar-refractivity contribution >= 4 is 43.2 Å². The number of allylic oxidation sites excluding steroid dienone is 4. The van der Waals surface area contributed by atoms with E-state index >= 15 is 0 Å². The maximum atomic E-state index is 12.0. The molecule has 0 fully saturated rings. The molecule has 0 saturated heterocycles. The molecule has 0 bridgehead atoms. The summed E-state index contributed by atoms with van der Waals surface area (Å²) in [6.45, 7) is 8.74. The molecular formula is C33H39N3NaO7S2+. The first-order valence-corrected chi connectivity index (χ1v) is 17.5. The van der Waals surface area contributed by atoms with Crippen molar-refractivity contribution in [3.05, 3.63) is 71.5 Å². The van der Waals surface area contributed by atoms with Gasteiger partial charge in [0, 0.05) is 47.5 Å². The second-order valence-electron chi connectivity index (χ2n) is 12.3. The molecule has 2 aliphatic heterocycles. The van der Waals surface area contributed by atoms with E-state index in [0.717, 1.165) is 46.8 Å². The molecule has 13 heteroatoms. The van der Waals surface area contributed by atoms with Crippen molar-refractivity contribution in [1.82, 2.24) is 5.32 Å². The van der Waals surface area contributed by atoms with Gasteiger partial charge in [-0.05, 0) is 68.7 Å². The predicted molar refractivity (Wildman–Crippen MR) is 172 cm³/mol. The molecule has 2 N–H and O–H groups in total. The van der Waals surface area contributed by atoms with Crippen LogP contribution in [-0.2, 0) is 35.9 Å². The summed E-state index contributed by atoms with van der Waals surface area (Å²) < 4.78 is 70.7. The average Bonchev–Trinajstić information content (AvgIpc) is 3.28. The normalized spacial score (nSPS) is 17.5. The number of hydrogen-bond acceptors (Lipinski definition) is 7. The van der Waals surface area contributed by atoms with Crippen LogP contribution in [0.2, 0.25) is 0 Å². The Morgan fingerprint density at radius 1 is 1.02 bits per heavy atom. The predicted octanol–water partition coefficient (Wildman–Crippen LogP) is 1.40. The molecule has 2 aromatic carbocycles. The van der Waals surface area contributed by atoms with Crippen molar-refractivity contribution in [1.29, 1.82) is 0 Å². The Bertz CT molecular complexity index is 1890. The molecule has 0 spiro atoms. The van der Waals surface area contributed by atoms with Crippen molar-refractivity contribution in [2.75, 3.05) is 25.0 Å². The van der Waals surface area contributed by atoms with Gasteiger partial charge in [-0.3, -0.25) is 9.35 Å². The molecular weight excluding hydrogens is 638 g/mol. The van der Waals surface area contributed by atoms with Crippen LogP contribution in [-0.4, -0.2) is 62.3 Å². The van der Waals surface area contributed by atoms with Crippen LogP contribution in [0.25, 0.3) is 0 Å². The van der Waals surface area contributed by atoms with Gasteiger partial charge in [0.05, 0.1) is 21.8 Å². The van der Waals surface area contributed by atoms with Gasteiger partial charge in [-0.15, -0.1) is 6.42 Å². The smallest absolute Gasteiger partial charge is 0.744 e. The van der Waals surface area contributed by atoms with Crippen LogP contribution in [0.15, 0.2) is 70.1 Å². The molecule has 1 amide bonds. The van der Waals surface area contributed by atoms with E-state index in [0.29, 0.717) is 19.4 Å². The zero-order valence-corrected chi connectivity index (χ0v) is 30.8. The maximum absolute atomic E-state index is 12.0. The van der Waals surface area contributed by atoms with E-state index in [2.05, 4.69) is 16.1 Å². The number of nitrogens with zero attached hydrogens (tertiary/aromatic N) is 2. The molecule has 0 atom stereocenters. The second kappa shape index (κ2) is 14.2. The molecule has 0 aliphatic carbocycles. The molecule has 10 nitrogen and oxygen atoms in total. The topological polar surface area (TPSA) is 147 Å². The van der Waals surface area contributed by atoms with Crippen LogP contribution in [0.5, 0.6) is 0 Å². The Labute approximate surface area is 294 Å². The number of benzene rings is 2. The average molecular weight is 677 g/mol. The summed E-state index contributed by atoms with van der Waals surface area (Å²) in [4.78, 5) is 13.6. The summed E-state index contributed by atoms with van der Waals surface area (Å²) in [6, 6.07) is 9.02. The summed E-state index contributed by atoms with van der Waals surface area (Å²) in [6.07, 6.45) is 13.7. The van der Waals surface area contributed by atoms with Crippen LogP contribution in [0.4, 0.5) is 11.4 Å². The molecule has 0 radical (unpaired) electrons. The van der Waals surface area contributed by atoms with Gasteiger partial charge < -0.3 is 14.8 Å². The van der Waals surface area contributed by atoms with Gasteiger partial charge in [-0.1, -0.05) is 32.3 Å². The molecule has 4 rings (SSSR count). The summed E-state index contributed by atoms with van der Waals surface area (Å²) in [5, 5.41) is 2.67. The molecule has 240 valence electrons. The minimum absolute atomic E-state index is 0. The zero-order valence-electron chi connectivity index (χ0n) is 27.1. The van der Waals surface area contributed by atoms with E-state index < -0.39 is 31.1 Å². The van der Waals surface area contributed by atoms with E-state index in [1.807, 2.05) is 57.5 Å². The van der Waals surface area contributed by atoms with E-state index in [-0.39, 0.29) is 51.8 Å². The number of rotatable bonds is 11. The molecule has 0 unspecified atom stereocenters. The SMILES string of the molecule is C#CCNC(=O)CCCCCN1C(=CC=CC2=[N+](C)c3ccc(S(=O)(=O)[O-])cc3C2(C)C)C(C)(C)c2cc(S(=O)(=O)O)ccc21.[Na+]. The third-order valence-electron chi connectivity index (χ3n) is 8.64. The third kappa shape index (κ3) is 7.68. The minimum Gasteiger partial charge on any atom is -0.744 e. The summed E-state index contributed by atoms with van der Waals surface area (Å²) in [5.41, 5.74) is 3.74. The summed E-state index contributed by atoms with van der Waals surface area (Å²) in [5.74, 6) is 2.30. The Morgan fingerprint density at radius 2 is 1.67 bits per heavy atom. The van der Waals surface area contributed by atoms with Gasteiger partial charge in [0.2, 0.25) is 11.6 Å². The first-order valence-electron chi connectivity index (χ1n) is 14.6. The van der Waals surface area contributed by atoms with E-state index in [9.17, 15) is 30.7 Å². The fourth-order valence-electron chi connectivity index (χ4n) is 6.23. The third-order valence-corrected chi connectivity index (χ3v) is 10.3. The molecule has 0 aromatic heterocycles. The van der Waals surface area contributed by atoms with Gasteiger partial charge in [0.1, 0.15) is 17.2 Å². The fraction of sp³-hybridized carbons (Fsp3) is 0.394. The van der Waals surface area contributed by atoms with E-state index in [4.69, 9.17) is 6.42 Å². The number of terminal acetylenes is 1. The van der Waals surface area contributed by atoms with Crippen LogP contribution >= 0.6 is 0 Å². The van der Waals surface area contributed by atoms with Crippen LogP contribution < -0.4 is 39.8 Å². The van der Waals surface area contributed by atoms with Crippen LogP contribution in [0, 0.1) is 12.3 Å². The first-order chi connectivity index (χ1) is 20.9. The van der Waals surface area contributed by atoms with Gasteiger partial charge in [-0.2, -0.15) is 13.0 Å². The largest absolute Gasteiger partial charge is 1.00 e. The van der Waals surface area contributed by atoms with Crippen molar-refractivity contribution in [2.45, 2.75) is 74.0 Å². The standard InChI is InChI=1S/C33H39N3O7S2.Na/c1-7-19-34-31(37)14-9-8-10-20-36-28-18-16-24(45(41,42)43)22-26(28)33(4,5)30(36)13-11-12-29-32(2,3)25-21-23(44(38,39)40)15-17-27(25)35(29)6;/h1,11-13,15-18,21-22H,8-10,14,19-20H2,2-6H3,(H2-,34,37,38,39,40,41,42,43);/q;+1. The van der Waals surface area contributed by atoms with Crippen LogP contribution in [0.3, 0.4) is 0 Å². The summed E-state index contributed by atoms with van der Waals surface area (Å²) >= 11 is 0. The Hall–Kier alpha value is -2.76. The number of carbonyl (C=O) groups is 1. The number of hydrogen-bond donors (Lipinski definition) is 2. The Kier molecular flexibility index (Phi) is 11.6. The van der Waals surface area contributed by atoms with Crippen molar-refractivity contribution < 1.29 is 64.9 Å². The maximum Gasteiger partial charge on any atom is 1.00 e. The molecule has 2 heterocycles. The molecule has 46 heavy (non-hydrogen) atoms. The van der Waals surface area contributed by atoms with Crippen molar-refractivity contribution in [3.8, 4) is 12.3 Å². The monoisotopic (exact) mass is 676 g/mol. The quantitative estimate of drug-likeness (QED) is 0.119. The molecule has 0 saturated carbocycles. The molecule has 2 aromatic rings. The van der Waals surface area contributed by atoms with E-state index in [1.165, 1.54) is 24.3 Å². The fourth-order valence-corrected chi connectivity index (χ4v) is 7.23. The first kappa shape index (κ1) is 37.7. The number of unbranched alkanes of at least 4 members (excludes halogenated alkanes) is 2. The van der Waals surface area contributed by atoms with Gasteiger partial charge in [0.15, 0.2) is 5.71 Å². The van der Waals surface area contributed by atoms with Crippen molar-refractivity contribution in [3.63, 3.8) is 0 Å². The Morgan fingerprint density at radius 3 is 2.30 bits per heavy atom. The minimum atomic E-state index is -4.61. The van der Waals surface area contributed by atoms with Crippen molar-refractivity contribution in [2.24, 2.45) is 0 Å². The Balaban J connectivity index is 0.00000576. The summed E-state index contributed by atoms with van der Waals surface area (Å²) in [7, 11) is -7.12. The van der Waals surface area contributed by atoms with E-state index in [1.54, 1.807) is 12.1 Å². The number of amides is 1. The van der Waals surface area contributed by atoms with Gasteiger partial charge in [0.25, 0.3) is 10.1 Å². The zero-order chi connectivity index (χ0) is 33.4. The number of carbonyl (C=O) groups excluding carboxylic acids is 1.